The van der Waals surface area contributed by atoms with Gasteiger partial charge in [-0.3, -0.25) is 9.98 Å². The summed E-state index contributed by atoms with van der Waals surface area (Å²) in [7, 11) is 0. The lowest BCUT2D eigenvalue weighted by Crippen LogP contribution is -1.73. The molecule has 0 aromatic heterocycles. The summed E-state index contributed by atoms with van der Waals surface area (Å²) in [6, 6.07) is 0. The van der Waals surface area contributed by atoms with Gasteiger partial charge in [-0.2, -0.15) is 11.9 Å². The molecule has 2 heteroatoms. The van der Waals surface area contributed by atoms with Crippen LogP contribution < -0.4 is 0 Å². The SMILES string of the molecule is CC=C1[CH-]C=C=NC=N1. The molecular weight excluding hydrogens is 112 g/mol. The Kier molecular flexibility index (Phi) is 1.89. The van der Waals surface area contributed by atoms with Crippen molar-refractivity contribution in [2.75, 3.05) is 0 Å². The first-order valence-corrected chi connectivity index (χ1v) is 2.74. The van der Waals surface area contributed by atoms with Crippen LogP contribution in [0.15, 0.2) is 27.8 Å². The number of nitrogens with zero attached hydrogens (tertiary/aromatic N) is 2. The third-order valence-corrected chi connectivity index (χ3v) is 0.963. The molecule has 0 saturated carbocycles. The van der Waals surface area contributed by atoms with E-state index in [0.29, 0.717) is 0 Å². The maximum atomic E-state index is 3.96. The second-order valence-corrected chi connectivity index (χ2v) is 1.55. The van der Waals surface area contributed by atoms with Gasteiger partial charge in [-0.05, 0) is 5.70 Å². The first kappa shape index (κ1) is 5.86. The highest BCUT2D eigenvalue weighted by Gasteiger charge is 1.78. The Morgan fingerprint density at radius 1 is 1.78 bits per heavy atom. The minimum absolute atomic E-state index is 0.920. The summed E-state index contributed by atoms with van der Waals surface area (Å²) >= 11 is 0. The minimum atomic E-state index is 0.920. The van der Waals surface area contributed by atoms with E-state index in [-0.39, 0.29) is 0 Å². The summed E-state index contributed by atoms with van der Waals surface area (Å²) < 4.78 is 0. The van der Waals surface area contributed by atoms with Gasteiger partial charge in [0.15, 0.2) is 0 Å². The van der Waals surface area contributed by atoms with E-state index in [1.807, 2.05) is 19.4 Å². The van der Waals surface area contributed by atoms with Crippen molar-refractivity contribution in [3.8, 4) is 0 Å². The molecule has 1 aliphatic rings. The Balaban J connectivity index is 2.79. The van der Waals surface area contributed by atoms with E-state index in [2.05, 4.69) is 15.9 Å². The van der Waals surface area contributed by atoms with Crippen molar-refractivity contribution >= 4 is 12.2 Å². The molecule has 46 valence electrons. The predicted octanol–water partition coefficient (Wildman–Crippen LogP) is 1.36. The van der Waals surface area contributed by atoms with Crippen LogP contribution in [0.2, 0.25) is 0 Å². The van der Waals surface area contributed by atoms with Crippen molar-refractivity contribution in [1.29, 1.82) is 0 Å². The average molecular weight is 119 g/mol. The van der Waals surface area contributed by atoms with Crippen LogP contribution in [0, 0.1) is 6.42 Å². The van der Waals surface area contributed by atoms with Crippen LogP contribution in [0.3, 0.4) is 0 Å². The van der Waals surface area contributed by atoms with Gasteiger partial charge in [-0.1, -0.05) is 6.92 Å². The molecule has 1 rings (SSSR count). The van der Waals surface area contributed by atoms with Crippen LogP contribution >= 0.6 is 0 Å². The van der Waals surface area contributed by atoms with Gasteiger partial charge in [0, 0.05) is 0 Å². The van der Waals surface area contributed by atoms with Gasteiger partial charge in [0.1, 0.15) is 6.34 Å². The molecule has 1 aliphatic heterocycles. The molecule has 0 aromatic carbocycles. The molecule has 1 heterocycles. The Morgan fingerprint density at radius 3 is 3.44 bits per heavy atom. The van der Waals surface area contributed by atoms with Crippen molar-refractivity contribution < 1.29 is 0 Å². The molecule has 0 spiro atoms. The fraction of sp³-hybridized carbons (Fsp3) is 0.143. The van der Waals surface area contributed by atoms with Crippen molar-refractivity contribution in [3.05, 3.63) is 24.3 Å². The molecule has 0 unspecified atom stereocenters. The van der Waals surface area contributed by atoms with Crippen LogP contribution in [-0.2, 0) is 0 Å². The first-order valence-electron chi connectivity index (χ1n) is 2.74. The monoisotopic (exact) mass is 119 g/mol. The molecule has 0 N–H and O–H groups in total. The fourth-order valence-corrected chi connectivity index (χ4v) is 0.508. The Bertz CT molecular complexity index is 205. The summed E-state index contributed by atoms with van der Waals surface area (Å²) in [5, 5.41) is 0. The van der Waals surface area contributed by atoms with E-state index in [1.165, 1.54) is 6.34 Å². The number of aliphatic imine (C=N–C) groups is 2. The van der Waals surface area contributed by atoms with Crippen LogP contribution in [0.1, 0.15) is 6.92 Å². The molecule has 2 nitrogen and oxygen atoms in total. The van der Waals surface area contributed by atoms with Gasteiger partial charge >= 0.3 is 0 Å². The minimum Gasteiger partial charge on any atom is -0.270 e. The molecule has 0 fully saturated rings. The number of rotatable bonds is 0. The summed E-state index contributed by atoms with van der Waals surface area (Å²) in [4.78, 5) is 7.66. The topological polar surface area (TPSA) is 24.7 Å². The maximum absolute atomic E-state index is 3.96. The van der Waals surface area contributed by atoms with Crippen molar-refractivity contribution in [2.45, 2.75) is 6.92 Å². The largest absolute Gasteiger partial charge is 0.270 e. The number of allylic oxidation sites excluding steroid dienone is 2. The van der Waals surface area contributed by atoms with E-state index in [4.69, 9.17) is 0 Å². The lowest BCUT2D eigenvalue weighted by atomic mass is 10.3. The normalized spacial score (nSPS) is 19.9. The van der Waals surface area contributed by atoms with Crippen molar-refractivity contribution in [2.24, 2.45) is 9.98 Å². The van der Waals surface area contributed by atoms with E-state index < -0.39 is 0 Å². The third kappa shape index (κ3) is 1.59. The van der Waals surface area contributed by atoms with Crippen molar-refractivity contribution in [3.63, 3.8) is 0 Å². The highest BCUT2D eigenvalue weighted by molar-refractivity contribution is 5.73. The molecule has 0 aromatic rings. The Morgan fingerprint density at radius 2 is 2.67 bits per heavy atom. The van der Waals surface area contributed by atoms with Gasteiger partial charge in [0.05, 0.1) is 0 Å². The van der Waals surface area contributed by atoms with Crippen LogP contribution in [-0.4, -0.2) is 12.2 Å². The molecule has 9 heavy (non-hydrogen) atoms. The molecule has 0 atom stereocenters. The summed E-state index contributed by atoms with van der Waals surface area (Å²) in [6.45, 7) is 1.93. The van der Waals surface area contributed by atoms with E-state index in [9.17, 15) is 0 Å². The number of hydrogen-bond acceptors (Lipinski definition) is 2. The molecule has 0 saturated heterocycles. The molecule has 0 radical (unpaired) electrons. The summed E-state index contributed by atoms with van der Waals surface area (Å²) in [5.41, 5.74) is 0.920. The average Bonchev–Trinajstić information content (AvgIpc) is 2.13. The Labute approximate surface area is 54.3 Å². The third-order valence-electron chi connectivity index (χ3n) is 0.963. The highest BCUT2D eigenvalue weighted by atomic mass is 14.9. The van der Waals surface area contributed by atoms with Crippen LogP contribution in [0.25, 0.3) is 0 Å². The smallest absolute Gasteiger partial charge is 0.107 e. The zero-order chi connectivity index (χ0) is 6.53. The first-order chi connectivity index (χ1) is 4.43. The zero-order valence-electron chi connectivity index (χ0n) is 5.20. The second kappa shape index (κ2) is 2.90. The molecule has 0 bridgehead atoms. The van der Waals surface area contributed by atoms with Gasteiger partial charge < -0.3 is 0 Å². The van der Waals surface area contributed by atoms with Crippen LogP contribution in [0.4, 0.5) is 0 Å². The van der Waals surface area contributed by atoms with Crippen LogP contribution in [0.5, 0.6) is 0 Å². The molecule has 0 amide bonds. The molecule has 0 aliphatic carbocycles. The lowest BCUT2D eigenvalue weighted by Gasteiger charge is -1.97. The van der Waals surface area contributed by atoms with E-state index in [1.54, 1.807) is 6.08 Å². The molecular formula is C7H7N2-. The lowest BCUT2D eigenvalue weighted by molar-refractivity contribution is 1.34. The zero-order valence-corrected chi connectivity index (χ0v) is 5.20. The number of hydrogen-bond donors (Lipinski definition) is 0. The summed E-state index contributed by atoms with van der Waals surface area (Å²) in [5.74, 6) is 2.67. The van der Waals surface area contributed by atoms with Gasteiger partial charge in [-0.15, -0.1) is 12.5 Å². The fourth-order valence-electron chi connectivity index (χ4n) is 0.508. The Hall–Kier alpha value is -1.27. The van der Waals surface area contributed by atoms with Gasteiger partial charge in [-0.25, -0.2) is 0 Å². The van der Waals surface area contributed by atoms with E-state index >= 15 is 0 Å². The summed E-state index contributed by atoms with van der Waals surface area (Å²) in [6.07, 6.45) is 6.99. The standard InChI is InChI=1S/C7H7N2/c1-2-7-4-3-5-8-6-9-7/h2-4,6H,1H3/q-1. The maximum Gasteiger partial charge on any atom is 0.107 e. The van der Waals surface area contributed by atoms with E-state index in [0.717, 1.165) is 5.70 Å². The second-order valence-electron chi connectivity index (χ2n) is 1.55. The predicted molar refractivity (Wildman–Crippen MR) is 38.6 cm³/mol. The highest BCUT2D eigenvalue weighted by Crippen LogP contribution is 2.01. The van der Waals surface area contributed by atoms with Gasteiger partial charge in [0.25, 0.3) is 0 Å². The van der Waals surface area contributed by atoms with Gasteiger partial charge in [0.2, 0.25) is 0 Å². The quantitative estimate of drug-likeness (QED) is 0.430. The van der Waals surface area contributed by atoms with Crippen molar-refractivity contribution in [1.82, 2.24) is 0 Å².